The van der Waals surface area contributed by atoms with Crippen molar-refractivity contribution < 1.29 is 38.1 Å². The molecule has 1 aliphatic rings. The summed E-state index contributed by atoms with van der Waals surface area (Å²) in [5.41, 5.74) is 0. The summed E-state index contributed by atoms with van der Waals surface area (Å²) >= 11 is 0. The number of esters is 3. The summed E-state index contributed by atoms with van der Waals surface area (Å²) in [6, 6.07) is 0. The van der Waals surface area contributed by atoms with Crippen molar-refractivity contribution in [2.75, 3.05) is 40.5 Å². The molecule has 3 unspecified atom stereocenters. The molecule has 55 heavy (non-hydrogen) atoms. The Kier molecular flexibility index (Phi) is 32.7. The predicted octanol–water partition coefficient (Wildman–Crippen LogP) is 11.6. The van der Waals surface area contributed by atoms with Gasteiger partial charge in [-0.2, -0.15) is 0 Å². The quantitative estimate of drug-likeness (QED) is 0.0262. The highest BCUT2D eigenvalue weighted by Crippen LogP contribution is 2.34. The van der Waals surface area contributed by atoms with Gasteiger partial charge in [0.05, 0.1) is 19.8 Å². The number of carbonyl (C=O) groups is 3. The van der Waals surface area contributed by atoms with Gasteiger partial charge >= 0.3 is 17.9 Å². The molecule has 1 saturated heterocycles. The molecular formula is C46H85NO8. The van der Waals surface area contributed by atoms with E-state index >= 15 is 0 Å². The van der Waals surface area contributed by atoms with E-state index in [1.54, 1.807) is 6.92 Å². The number of hydrogen-bond acceptors (Lipinski definition) is 9. The fourth-order valence-corrected chi connectivity index (χ4v) is 6.93. The summed E-state index contributed by atoms with van der Waals surface area (Å²) in [5, 5.41) is 0. The van der Waals surface area contributed by atoms with Crippen LogP contribution in [0.3, 0.4) is 0 Å². The van der Waals surface area contributed by atoms with Crippen molar-refractivity contribution in [3.8, 4) is 0 Å². The number of unbranched alkanes of at least 4 members (excludes halogenated alkanes) is 22. The van der Waals surface area contributed by atoms with E-state index in [2.05, 4.69) is 30.9 Å². The molecule has 9 heteroatoms. The van der Waals surface area contributed by atoms with Gasteiger partial charge in [-0.3, -0.25) is 4.79 Å². The third-order valence-electron chi connectivity index (χ3n) is 10.4. The lowest BCUT2D eigenvalue weighted by atomic mass is 10.1. The third kappa shape index (κ3) is 29.0. The summed E-state index contributed by atoms with van der Waals surface area (Å²) in [6.45, 7) is 8.28. The molecule has 322 valence electrons. The van der Waals surface area contributed by atoms with E-state index in [1.807, 2.05) is 14.1 Å². The summed E-state index contributed by atoms with van der Waals surface area (Å²) in [7, 11) is 4.07. The van der Waals surface area contributed by atoms with Crippen LogP contribution in [-0.4, -0.2) is 81.3 Å². The van der Waals surface area contributed by atoms with Crippen LogP contribution in [0.4, 0.5) is 0 Å². The molecule has 0 aliphatic carbocycles. The minimum atomic E-state index is -1.14. The average Bonchev–Trinajstić information content (AvgIpc) is 3.52. The minimum Gasteiger partial charge on any atom is -0.466 e. The number of rotatable bonds is 38. The lowest BCUT2D eigenvalue weighted by Crippen LogP contribution is -2.39. The highest BCUT2D eigenvalue weighted by atomic mass is 16.8. The van der Waals surface area contributed by atoms with E-state index in [-0.39, 0.29) is 12.6 Å². The standard InChI is InChI=1S/C46H85NO8/c1-6-8-10-12-14-15-16-17-18-19-20-21-22-23-27-33-39-52-44(49)42-43(55-46(3,54-42)36-30-31-37-47(4)5)45(50)53-40-34-28-24-25-29-35-41(48)51-38-32-26-13-11-9-7-2/h17-18,42-43H,6-16,19-40H2,1-5H3/b18-17-. The van der Waals surface area contributed by atoms with Crippen LogP contribution in [0.25, 0.3) is 0 Å². The molecule has 1 aliphatic heterocycles. The molecule has 0 aromatic rings. The van der Waals surface area contributed by atoms with Crippen LogP contribution in [0.1, 0.15) is 207 Å². The van der Waals surface area contributed by atoms with E-state index in [1.165, 1.54) is 89.9 Å². The Morgan fingerprint density at radius 3 is 1.38 bits per heavy atom. The summed E-state index contributed by atoms with van der Waals surface area (Å²) in [4.78, 5) is 40.5. The predicted molar refractivity (Wildman–Crippen MR) is 224 cm³/mol. The molecule has 9 nitrogen and oxygen atoms in total. The maximum Gasteiger partial charge on any atom is 0.338 e. The van der Waals surface area contributed by atoms with E-state index in [0.29, 0.717) is 32.5 Å². The number of allylic oxidation sites excluding steroid dienone is 2. The molecular weight excluding hydrogens is 695 g/mol. The van der Waals surface area contributed by atoms with E-state index in [0.717, 1.165) is 83.6 Å². The SMILES string of the molecule is CCCCCCCC/C=C\CCCCCCCCOC(=O)C1OC(C)(CCCCN(C)C)OC1C(=O)OCCCCCCCC(=O)OCCCCCCCC. The monoisotopic (exact) mass is 780 g/mol. The molecule has 3 atom stereocenters. The first-order chi connectivity index (χ1) is 26.7. The van der Waals surface area contributed by atoms with Crippen molar-refractivity contribution in [3.05, 3.63) is 12.2 Å². The first-order valence-electron chi connectivity index (χ1n) is 22.9. The van der Waals surface area contributed by atoms with E-state index in [4.69, 9.17) is 23.7 Å². The topological polar surface area (TPSA) is 101 Å². The highest BCUT2D eigenvalue weighted by Gasteiger charge is 2.52. The first kappa shape index (κ1) is 51.0. The second-order valence-corrected chi connectivity index (χ2v) is 16.2. The van der Waals surface area contributed by atoms with Gasteiger partial charge in [0, 0.05) is 12.8 Å². The maximum absolute atomic E-state index is 13.2. The van der Waals surface area contributed by atoms with Gasteiger partial charge in [-0.15, -0.1) is 0 Å². The van der Waals surface area contributed by atoms with Crippen LogP contribution in [0.15, 0.2) is 12.2 Å². The third-order valence-corrected chi connectivity index (χ3v) is 10.4. The van der Waals surface area contributed by atoms with Gasteiger partial charge in [0.1, 0.15) is 0 Å². The van der Waals surface area contributed by atoms with Gasteiger partial charge < -0.3 is 28.6 Å². The van der Waals surface area contributed by atoms with Crippen molar-refractivity contribution >= 4 is 17.9 Å². The van der Waals surface area contributed by atoms with E-state index in [9.17, 15) is 14.4 Å². The highest BCUT2D eigenvalue weighted by molar-refractivity contribution is 5.86. The molecule has 0 radical (unpaired) electrons. The zero-order valence-corrected chi connectivity index (χ0v) is 36.4. The zero-order valence-electron chi connectivity index (χ0n) is 36.4. The normalized spacial score (nSPS) is 18.4. The number of nitrogens with zero attached hydrogens (tertiary/aromatic N) is 1. The number of ether oxygens (including phenoxy) is 5. The Bertz CT molecular complexity index is 972. The average molecular weight is 780 g/mol. The molecule has 0 saturated carbocycles. The summed E-state index contributed by atoms with van der Waals surface area (Å²) in [5.74, 6) is -2.30. The Morgan fingerprint density at radius 1 is 0.527 bits per heavy atom. The van der Waals surface area contributed by atoms with Gasteiger partial charge in [-0.25, -0.2) is 9.59 Å². The fraction of sp³-hybridized carbons (Fsp3) is 0.891. The van der Waals surface area contributed by atoms with Gasteiger partial charge in [0.2, 0.25) is 0 Å². The van der Waals surface area contributed by atoms with Crippen LogP contribution in [0.5, 0.6) is 0 Å². The van der Waals surface area contributed by atoms with E-state index < -0.39 is 29.9 Å². The molecule has 0 aromatic heterocycles. The smallest absolute Gasteiger partial charge is 0.338 e. The van der Waals surface area contributed by atoms with Crippen molar-refractivity contribution in [2.45, 2.75) is 225 Å². The Balaban J connectivity index is 2.30. The second kappa shape index (κ2) is 35.2. The molecule has 0 spiro atoms. The van der Waals surface area contributed by atoms with Crippen molar-refractivity contribution in [1.82, 2.24) is 4.90 Å². The minimum absolute atomic E-state index is 0.109. The van der Waals surface area contributed by atoms with Gasteiger partial charge in [0.25, 0.3) is 0 Å². The molecule has 1 heterocycles. The van der Waals surface area contributed by atoms with Crippen LogP contribution in [0.2, 0.25) is 0 Å². The Hall–Kier alpha value is -1.97. The van der Waals surface area contributed by atoms with Crippen LogP contribution in [-0.2, 0) is 38.1 Å². The maximum atomic E-state index is 13.2. The summed E-state index contributed by atoms with van der Waals surface area (Å²) < 4.78 is 28.8. The summed E-state index contributed by atoms with van der Waals surface area (Å²) in [6.07, 6.45) is 33.6. The molecule has 0 amide bonds. The van der Waals surface area contributed by atoms with Crippen molar-refractivity contribution in [2.24, 2.45) is 0 Å². The lowest BCUT2D eigenvalue weighted by molar-refractivity contribution is -0.184. The zero-order chi connectivity index (χ0) is 40.2. The van der Waals surface area contributed by atoms with Gasteiger partial charge in [0.15, 0.2) is 18.0 Å². The number of hydrogen-bond donors (Lipinski definition) is 0. The molecule has 1 fully saturated rings. The lowest BCUT2D eigenvalue weighted by Gasteiger charge is -2.23. The largest absolute Gasteiger partial charge is 0.466 e. The molecule has 0 bridgehead atoms. The molecule has 0 N–H and O–H groups in total. The number of carbonyl (C=O) groups excluding carboxylic acids is 3. The van der Waals surface area contributed by atoms with Crippen LogP contribution < -0.4 is 0 Å². The fourth-order valence-electron chi connectivity index (χ4n) is 6.93. The van der Waals surface area contributed by atoms with Gasteiger partial charge in [-0.05, 0) is 91.8 Å². The first-order valence-corrected chi connectivity index (χ1v) is 22.9. The Morgan fingerprint density at radius 2 is 0.927 bits per heavy atom. The second-order valence-electron chi connectivity index (χ2n) is 16.2. The van der Waals surface area contributed by atoms with Crippen molar-refractivity contribution in [1.29, 1.82) is 0 Å². The van der Waals surface area contributed by atoms with Crippen molar-refractivity contribution in [3.63, 3.8) is 0 Å². The Labute approximate surface area is 337 Å². The van der Waals surface area contributed by atoms with Crippen LogP contribution >= 0.6 is 0 Å². The van der Waals surface area contributed by atoms with Crippen LogP contribution in [0, 0.1) is 0 Å². The van der Waals surface area contributed by atoms with Gasteiger partial charge in [-0.1, -0.05) is 135 Å². The molecule has 1 rings (SSSR count). The molecule has 0 aromatic carbocycles.